The third kappa shape index (κ3) is 12.6. The monoisotopic (exact) mass is 239 g/mol. The van der Waals surface area contributed by atoms with Crippen LogP contribution in [0.4, 0.5) is 0 Å². The molecule has 0 spiro atoms. The van der Waals surface area contributed by atoms with Crippen molar-refractivity contribution in [2.45, 2.75) is 20.4 Å². The molecule has 98 valence electrons. The summed E-state index contributed by atoms with van der Waals surface area (Å²) in [5.41, 5.74) is 6.53. The van der Waals surface area contributed by atoms with Crippen molar-refractivity contribution in [3.63, 3.8) is 0 Å². The van der Waals surface area contributed by atoms with Crippen molar-refractivity contribution in [1.82, 2.24) is 0 Å². The summed E-state index contributed by atoms with van der Waals surface area (Å²) in [7, 11) is 3.33. The third-order valence-electron chi connectivity index (χ3n) is 1.68. The van der Waals surface area contributed by atoms with Crippen LogP contribution in [0.5, 0.6) is 5.75 Å². The van der Waals surface area contributed by atoms with Crippen molar-refractivity contribution in [1.29, 1.82) is 0 Å². The van der Waals surface area contributed by atoms with Crippen molar-refractivity contribution in [3.05, 3.63) is 42.5 Å². The van der Waals surface area contributed by atoms with Gasteiger partial charge in [0.1, 0.15) is 5.75 Å². The fourth-order valence-corrected chi connectivity index (χ4v) is 0.762. The summed E-state index contributed by atoms with van der Waals surface area (Å²) in [6, 6.07) is 7.72. The second-order valence-electron chi connectivity index (χ2n) is 3.04. The van der Waals surface area contributed by atoms with Crippen LogP contribution in [0.25, 0.3) is 0 Å². The molecule has 0 bridgehead atoms. The Bertz CT molecular complexity index is 232. The molecule has 0 aliphatic carbocycles. The van der Waals surface area contributed by atoms with Crippen molar-refractivity contribution in [2.75, 3.05) is 20.8 Å². The van der Waals surface area contributed by atoms with Gasteiger partial charge in [-0.3, -0.25) is 0 Å². The largest absolute Gasteiger partial charge is 0.497 e. The van der Waals surface area contributed by atoms with Crippen LogP contribution in [-0.2, 0) is 11.3 Å². The van der Waals surface area contributed by atoms with Crippen molar-refractivity contribution in [2.24, 2.45) is 5.73 Å². The van der Waals surface area contributed by atoms with Crippen LogP contribution in [0.1, 0.15) is 19.4 Å². The lowest BCUT2D eigenvalue weighted by Crippen LogP contribution is -1.95. The SMILES string of the molecule is C=CC.CCOC.COc1ccc(CN)cc1. The predicted octanol–water partition coefficient (Wildman–Crippen LogP) is 3.00. The second-order valence-corrected chi connectivity index (χ2v) is 3.04. The highest BCUT2D eigenvalue weighted by molar-refractivity contribution is 5.26. The fraction of sp³-hybridized carbons (Fsp3) is 0.429. The number of allylic oxidation sites excluding steroid dienone is 1. The van der Waals surface area contributed by atoms with E-state index in [1.165, 1.54) is 0 Å². The van der Waals surface area contributed by atoms with Gasteiger partial charge in [-0.15, -0.1) is 6.58 Å². The summed E-state index contributed by atoms with van der Waals surface area (Å²) in [5, 5.41) is 0. The predicted molar refractivity (Wildman–Crippen MR) is 74.3 cm³/mol. The van der Waals surface area contributed by atoms with Crippen molar-refractivity contribution in [3.8, 4) is 5.75 Å². The molecule has 0 atom stereocenters. The van der Waals surface area contributed by atoms with E-state index in [9.17, 15) is 0 Å². The Morgan fingerprint density at radius 1 is 1.24 bits per heavy atom. The molecule has 2 N–H and O–H groups in total. The number of ether oxygens (including phenoxy) is 2. The average Bonchev–Trinajstić information content (AvgIpc) is 2.40. The minimum absolute atomic E-state index is 0.587. The van der Waals surface area contributed by atoms with Gasteiger partial charge in [0.25, 0.3) is 0 Å². The molecule has 0 aromatic heterocycles. The van der Waals surface area contributed by atoms with E-state index in [1.807, 2.05) is 38.1 Å². The van der Waals surface area contributed by atoms with Gasteiger partial charge in [0.2, 0.25) is 0 Å². The first kappa shape index (κ1) is 18.1. The molecule has 1 aromatic carbocycles. The highest BCUT2D eigenvalue weighted by Gasteiger charge is 1.89. The van der Waals surface area contributed by atoms with Gasteiger partial charge in [-0.2, -0.15) is 0 Å². The van der Waals surface area contributed by atoms with E-state index in [0.29, 0.717) is 6.54 Å². The summed E-state index contributed by atoms with van der Waals surface area (Å²) in [4.78, 5) is 0. The molecule has 0 radical (unpaired) electrons. The quantitative estimate of drug-likeness (QED) is 0.825. The van der Waals surface area contributed by atoms with E-state index in [-0.39, 0.29) is 0 Å². The van der Waals surface area contributed by atoms with Gasteiger partial charge in [0.15, 0.2) is 0 Å². The van der Waals surface area contributed by atoms with Crippen molar-refractivity contribution < 1.29 is 9.47 Å². The first-order chi connectivity index (χ1) is 8.19. The zero-order chi connectivity index (χ0) is 13.5. The summed E-state index contributed by atoms with van der Waals surface area (Å²) < 4.78 is 9.51. The average molecular weight is 239 g/mol. The van der Waals surface area contributed by atoms with Gasteiger partial charge < -0.3 is 15.2 Å². The first-order valence-corrected chi connectivity index (χ1v) is 5.59. The normalized spacial score (nSPS) is 8.06. The molecule has 0 aliphatic heterocycles. The van der Waals surface area contributed by atoms with E-state index in [0.717, 1.165) is 17.9 Å². The van der Waals surface area contributed by atoms with Gasteiger partial charge in [0.05, 0.1) is 7.11 Å². The van der Waals surface area contributed by atoms with Gasteiger partial charge in [-0.1, -0.05) is 18.2 Å². The van der Waals surface area contributed by atoms with E-state index >= 15 is 0 Å². The van der Waals surface area contributed by atoms with Crippen LogP contribution >= 0.6 is 0 Å². The molecular formula is C14H25NO2. The van der Waals surface area contributed by atoms with Crippen LogP contribution < -0.4 is 10.5 Å². The standard InChI is InChI=1S/C8H11NO.C3H8O.C3H6/c1-10-8-4-2-7(6-9)3-5-8;1-3-4-2;1-3-2/h2-5H,6,9H2,1H3;3H2,1-2H3;3H,1H2,2H3. The number of nitrogens with two attached hydrogens (primary N) is 1. The molecule has 3 heteroatoms. The number of benzene rings is 1. The van der Waals surface area contributed by atoms with E-state index < -0.39 is 0 Å². The Hall–Kier alpha value is -1.32. The third-order valence-corrected chi connectivity index (χ3v) is 1.68. The molecule has 3 nitrogen and oxygen atoms in total. The van der Waals surface area contributed by atoms with Gasteiger partial charge in [-0.05, 0) is 31.5 Å². The van der Waals surface area contributed by atoms with Gasteiger partial charge in [-0.25, -0.2) is 0 Å². The molecule has 0 fully saturated rings. The van der Waals surface area contributed by atoms with Crippen LogP contribution in [0.3, 0.4) is 0 Å². The number of methoxy groups -OCH3 is 2. The molecule has 0 aliphatic rings. The second kappa shape index (κ2) is 14.7. The Kier molecular flexibility index (Phi) is 15.6. The highest BCUT2D eigenvalue weighted by atomic mass is 16.5. The smallest absolute Gasteiger partial charge is 0.118 e. The first-order valence-electron chi connectivity index (χ1n) is 5.59. The maximum atomic E-state index is 5.40. The lowest BCUT2D eigenvalue weighted by atomic mass is 10.2. The Balaban J connectivity index is 0. The lowest BCUT2D eigenvalue weighted by Gasteiger charge is -1.99. The van der Waals surface area contributed by atoms with Gasteiger partial charge >= 0.3 is 0 Å². The van der Waals surface area contributed by atoms with E-state index in [2.05, 4.69) is 11.3 Å². The van der Waals surface area contributed by atoms with Crippen LogP contribution in [0.15, 0.2) is 36.9 Å². The summed E-state index contributed by atoms with van der Waals surface area (Å²) >= 11 is 0. The number of rotatable bonds is 3. The maximum absolute atomic E-state index is 5.40. The molecule has 17 heavy (non-hydrogen) atoms. The molecule has 0 amide bonds. The number of hydrogen-bond acceptors (Lipinski definition) is 3. The molecule has 1 aromatic rings. The molecule has 0 saturated heterocycles. The molecule has 0 unspecified atom stereocenters. The lowest BCUT2D eigenvalue weighted by molar-refractivity contribution is 0.215. The minimum Gasteiger partial charge on any atom is -0.497 e. The van der Waals surface area contributed by atoms with E-state index in [4.69, 9.17) is 10.5 Å². The zero-order valence-electron chi connectivity index (χ0n) is 11.4. The molecule has 1 rings (SSSR count). The summed E-state index contributed by atoms with van der Waals surface area (Å²) in [6.07, 6.45) is 1.75. The molecular weight excluding hydrogens is 214 g/mol. The number of hydrogen-bond donors (Lipinski definition) is 1. The van der Waals surface area contributed by atoms with Crippen molar-refractivity contribution >= 4 is 0 Å². The maximum Gasteiger partial charge on any atom is 0.118 e. The van der Waals surface area contributed by atoms with Crippen LogP contribution in [-0.4, -0.2) is 20.8 Å². The minimum atomic E-state index is 0.587. The fourth-order valence-electron chi connectivity index (χ4n) is 0.762. The Labute approximate surface area is 105 Å². The summed E-state index contributed by atoms with van der Waals surface area (Å²) in [6.45, 7) is 8.62. The molecule has 0 heterocycles. The van der Waals surface area contributed by atoms with E-state index in [1.54, 1.807) is 20.3 Å². The molecule has 0 saturated carbocycles. The van der Waals surface area contributed by atoms with Crippen LogP contribution in [0.2, 0.25) is 0 Å². The van der Waals surface area contributed by atoms with Gasteiger partial charge in [0, 0.05) is 20.3 Å². The Morgan fingerprint density at radius 3 is 1.88 bits per heavy atom. The van der Waals surface area contributed by atoms with Crippen LogP contribution in [0, 0.1) is 0 Å². The highest BCUT2D eigenvalue weighted by Crippen LogP contribution is 2.10. The summed E-state index contributed by atoms with van der Waals surface area (Å²) in [5.74, 6) is 0.872. The topological polar surface area (TPSA) is 44.5 Å². The zero-order valence-corrected chi connectivity index (χ0v) is 11.4. The Morgan fingerprint density at radius 2 is 1.65 bits per heavy atom.